The van der Waals surface area contributed by atoms with Crippen LogP contribution in [-0.4, -0.2) is 11.3 Å². The fourth-order valence-corrected chi connectivity index (χ4v) is 12.6. The van der Waals surface area contributed by atoms with Crippen molar-refractivity contribution in [3.63, 3.8) is 0 Å². The predicted octanol–water partition coefficient (Wildman–Crippen LogP) is 9.66. The van der Waals surface area contributed by atoms with Crippen LogP contribution in [0.2, 0.25) is 0 Å². The SMILES string of the molecule is CC1(C)c2c3c(cc4c2C2CCC4CC2)Oc2cc4c(c5c2B3c2c(cc3c(c21)C1CCC3CC1)O5)c1ccccc1n4-c1ccccc1. The molecule has 4 bridgehead atoms. The highest BCUT2D eigenvalue weighted by molar-refractivity contribution is 6.99. The Hall–Kier alpha value is -4.44. The van der Waals surface area contributed by atoms with Crippen LogP contribution in [0.3, 0.4) is 0 Å². The Labute approximate surface area is 287 Å². The van der Waals surface area contributed by atoms with Crippen molar-refractivity contribution in [2.45, 2.75) is 94.3 Å². The standard InChI is InChI=1S/C45H38BNO2/c1-45(2)39-36-25-16-12-23(13-17-25)29(36)20-33-41(39)46-42-34(21-30-24-14-18-26(19-15-24)37(30)40(42)45)49-44-38-28-10-6-7-11-31(28)47(27-8-4-3-5-9-27)32(38)22-35(48-33)43(44)46/h3-11,20-26H,12-19H2,1-2H3. The van der Waals surface area contributed by atoms with E-state index in [-0.39, 0.29) is 12.1 Å². The summed E-state index contributed by atoms with van der Waals surface area (Å²) in [7, 11) is 0. The maximum Gasteiger partial charge on any atom is 0.261 e. The lowest BCUT2D eigenvalue weighted by atomic mass is 9.28. The first-order chi connectivity index (χ1) is 24.1. The van der Waals surface area contributed by atoms with E-state index in [1.165, 1.54) is 84.0 Å². The third-order valence-corrected chi connectivity index (χ3v) is 14.4. The van der Waals surface area contributed by atoms with Gasteiger partial charge in [-0.25, -0.2) is 0 Å². The maximum atomic E-state index is 7.46. The van der Waals surface area contributed by atoms with Gasteiger partial charge in [-0.3, -0.25) is 0 Å². The Bertz CT molecular complexity index is 2480. The minimum Gasteiger partial charge on any atom is -0.458 e. The second-order valence-corrected chi connectivity index (χ2v) is 16.9. The van der Waals surface area contributed by atoms with Gasteiger partial charge in [0.25, 0.3) is 6.71 Å². The zero-order valence-corrected chi connectivity index (χ0v) is 28.2. The zero-order valence-electron chi connectivity index (χ0n) is 28.2. The molecule has 1 aromatic heterocycles. The molecule has 0 spiro atoms. The lowest BCUT2D eigenvalue weighted by molar-refractivity contribution is 0.344. The molecule has 15 rings (SSSR count). The van der Waals surface area contributed by atoms with E-state index >= 15 is 0 Å². The van der Waals surface area contributed by atoms with E-state index in [9.17, 15) is 0 Å². The average Bonchev–Trinajstić information content (AvgIpc) is 3.48. The third-order valence-electron chi connectivity index (χ3n) is 14.4. The number of hydrogen-bond acceptors (Lipinski definition) is 2. The Kier molecular flexibility index (Phi) is 4.66. The molecule has 3 aliphatic heterocycles. The molecule has 0 N–H and O–H groups in total. The molecule has 49 heavy (non-hydrogen) atoms. The lowest BCUT2D eigenvalue weighted by Crippen LogP contribution is -2.65. The molecule has 6 aromatic rings. The molecular formula is C45H38BNO2. The highest BCUT2D eigenvalue weighted by Gasteiger charge is 2.55. The normalized spacial score (nSPS) is 25.1. The molecule has 5 aromatic carbocycles. The number of rotatable bonds is 1. The van der Waals surface area contributed by atoms with Crippen molar-refractivity contribution in [2.24, 2.45) is 0 Å². The molecular weight excluding hydrogens is 597 g/mol. The van der Waals surface area contributed by atoms with Crippen LogP contribution >= 0.6 is 0 Å². The van der Waals surface area contributed by atoms with Crippen LogP contribution < -0.4 is 25.9 Å². The van der Waals surface area contributed by atoms with Crippen LogP contribution in [0.15, 0.2) is 72.8 Å². The summed E-state index contributed by atoms with van der Waals surface area (Å²) in [5.74, 6) is 6.86. The molecule has 0 atom stereocenters. The molecule has 2 fully saturated rings. The maximum absolute atomic E-state index is 7.46. The first kappa shape index (κ1) is 26.4. The fourth-order valence-electron chi connectivity index (χ4n) is 12.6. The second-order valence-electron chi connectivity index (χ2n) is 16.9. The number of para-hydroxylation sites is 2. The van der Waals surface area contributed by atoms with Crippen LogP contribution in [0.4, 0.5) is 0 Å². The molecule has 4 heterocycles. The van der Waals surface area contributed by atoms with Gasteiger partial charge in [0.2, 0.25) is 0 Å². The summed E-state index contributed by atoms with van der Waals surface area (Å²) >= 11 is 0. The lowest BCUT2D eigenvalue weighted by Gasteiger charge is -2.52. The molecule has 0 saturated heterocycles. The Balaban J connectivity index is 1.21. The minimum atomic E-state index is -0.106. The Morgan fingerprint density at radius 1 is 0.592 bits per heavy atom. The van der Waals surface area contributed by atoms with E-state index < -0.39 is 0 Å². The van der Waals surface area contributed by atoms with E-state index in [4.69, 9.17) is 9.47 Å². The fraction of sp³-hybridized carbons (Fsp3) is 0.333. The number of nitrogens with zero attached hydrogens (tertiary/aromatic N) is 1. The molecule has 2 saturated carbocycles. The topological polar surface area (TPSA) is 23.4 Å². The Morgan fingerprint density at radius 2 is 1.14 bits per heavy atom. The van der Waals surface area contributed by atoms with Crippen LogP contribution in [0, 0.1) is 0 Å². The van der Waals surface area contributed by atoms with Gasteiger partial charge in [-0.2, -0.15) is 0 Å². The summed E-state index contributed by atoms with van der Waals surface area (Å²) in [4.78, 5) is 0. The summed E-state index contributed by atoms with van der Waals surface area (Å²) < 4.78 is 17.2. The number of ether oxygens (including phenoxy) is 2. The predicted molar refractivity (Wildman–Crippen MR) is 198 cm³/mol. The van der Waals surface area contributed by atoms with Crippen molar-refractivity contribution in [1.29, 1.82) is 0 Å². The first-order valence-corrected chi connectivity index (χ1v) is 19.0. The summed E-state index contributed by atoms with van der Waals surface area (Å²) in [5.41, 5.74) is 17.4. The van der Waals surface area contributed by atoms with Crippen molar-refractivity contribution >= 4 is 44.9 Å². The van der Waals surface area contributed by atoms with E-state index in [0.717, 1.165) is 34.2 Å². The van der Waals surface area contributed by atoms with Crippen molar-refractivity contribution in [3.05, 3.63) is 106 Å². The molecule has 238 valence electrons. The van der Waals surface area contributed by atoms with Gasteiger partial charge in [0.1, 0.15) is 23.0 Å². The molecule has 0 amide bonds. The van der Waals surface area contributed by atoms with Crippen LogP contribution in [0.5, 0.6) is 23.0 Å². The summed E-state index contributed by atoms with van der Waals surface area (Å²) in [5, 5.41) is 2.45. The Morgan fingerprint density at radius 3 is 1.80 bits per heavy atom. The highest BCUT2D eigenvalue weighted by atomic mass is 16.5. The molecule has 0 unspecified atom stereocenters. The first-order valence-electron chi connectivity index (χ1n) is 19.0. The van der Waals surface area contributed by atoms with E-state index in [0.29, 0.717) is 23.7 Å². The van der Waals surface area contributed by atoms with E-state index in [1.807, 2.05) is 0 Å². The number of fused-ring (bicyclic) bond motifs is 8. The summed E-state index contributed by atoms with van der Waals surface area (Å²) in [6.45, 7) is 5.28. The van der Waals surface area contributed by atoms with Crippen molar-refractivity contribution < 1.29 is 9.47 Å². The van der Waals surface area contributed by atoms with Crippen molar-refractivity contribution in [1.82, 2.24) is 4.57 Å². The molecule has 0 radical (unpaired) electrons. The largest absolute Gasteiger partial charge is 0.458 e. The molecule has 4 heteroatoms. The van der Waals surface area contributed by atoms with Gasteiger partial charge in [-0.05, 0) is 150 Å². The van der Waals surface area contributed by atoms with Gasteiger partial charge < -0.3 is 14.0 Å². The zero-order chi connectivity index (χ0) is 31.9. The van der Waals surface area contributed by atoms with Gasteiger partial charge in [0, 0.05) is 28.0 Å². The van der Waals surface area contributed by atoms with Gasteiger partial charge >= 0.3 is 0 Å². The third kappa shape index (κ3) is 2.99. The van der Waals surface area contributed by atoms with Crippen LogP contribution in [-0.2, 0) is 5.41 Å². The van der Waals surface area contributed by atoms with Crippen LogP contribution in [0.25, 0.3) is 27.5 Å². The van der Waals surface area contributed by atoms with E-state index in [2.05, 4.69) is 91.2 Å². The summed E-state index contributed by atoms with van der Waals surface area (Å²) in [6.07, 6.45) is 10.7. The van der Waals surface area contributed by atoms with Crippen molar-refractivity contribution in [2.75, 3.05) is 0 Å². The average molecular weight is 636 g/mol. The van der Waals surface area contributed by atoms with E-state index in [1.54, 1.807) is 33.4 Å². The molecule has 6 aliphatic carbocycles. The monoisotopic (exact) mass is 635 g/mol. The minimum absolute atomic E-state index is 0.106. The second kappa shape index (κ2) is 8.64. The molecule has 3 nitrogen and oxygen atoms in total. The smallest absolute Gasteiger partial charge is 0.261 e. The summed E-state index contributed by atoms with van der Waals surface area (Å²) in [6, 6.07) is 27.1. The van der Waals surface area contributed by atoms with Crippen molar-refractivity contribution in [3.8, 4) is 28.7 Å². The number of aromatic nitrogens is 1. The highest BCUT2D eigenvalue weighted by Crippen LogP contribution is 2.60. The van der Waals surface area contributed by atoms with Crippen LogP contribution in [0.1, 0.15) is 122 Å². The van der Waals surface area contributed by atoms with Gasteiger partial charge in [-0.15, -0.1) is 0 Å². The quantitative estimate of drug-likeness (QED) is 0.168. The number of benzene rings is 5. The molecule has 9 aliphatic rings. The van der Waals surface area contributed by atoms with Gasteiger partial charge in [0.15, 0.2) is 0 Å². The van der Waals surface area contributed by atoms with Gasteiger partial charge in [0.05, 0.1) is 16.4 Å². The van der Waals surface area contributed by atoms with Gasteiger partial charge in [-0.1, -0.05) is 50.2 Å². The number of hydrogen-bond donors (Lipinski definition) is 0.